The van der Waals surface area contributed by atoms with Crippen LogP contribution in [0.25, 0.3) is 11.1 Å². The summed E-state index contributed by atoms with van der Waals surface area (Å²) in [4.78, 5) is 35.9. The molecule has 0 saturated carbocycles. The monoisotopic (exact) mass is 389 g/mol. The summed E-state index contributed by atoms with van der Waals surface area (Å²) in [7, 11) is 0. The first-order chi connectivity index (χ1) is 12.7. The van der Waals surface area contributed by atoms with E-state index < -0.39 is 17.4 Å². The highest BCUT2D eigenvalue weighted by Crippen LogP contribution is 2.37. The van der Waals surface area contributed by atoms with E-state index in [-0.39, 0.29) is 25.4 Å². The van der Waals surface area contributed by atoms with E-state index in [4.69, 9.17) is 9.84 Å². The highest BCUT2D eigenvalue weighted by atomic mass is 32.1. The van der Waals surface area contributed by atoms with Crippen LogP contribution in [0.2, 0.25) is 0 Å². The van der Waals surface area contributed by atoms with Crippen molar-refractivity contribution in [1.29, 1.82) is 0 Å². The first-order valence-electron chi connectivity index (χ1n) is 8.59. The standard InChI is InChI=1S/C20H23NO5S/c1-4-26-19(25)17-14(13-8-6-5-7-9-13)12-27-18(17)21-15(22)10-20(2,3)11-16(23)24/h5-9,12H,4,10-11H2,1-3H3,(H,21,22)(H,23,24). The molecule has 0 unspecified atom stereocenters. The molecule has 0 fully saturated rings. The second-order valence-corrected chi connectivity index (χ2v) is 7.78. The lowest BCUT2D eigenvalue weighted by Gasteiger charge is -2.21. The van der Waals surface area contributed by atoms with E-state index in [2.05, 4.69) is 5.32 Å². The van der Waals surface area contributed by atoms with Crippen LogP contribution < -0.4 is 5.32 Å². The average molecular weight is 389 g/mol. The van der Waals surface area contributed by atoms with Gasteiger partial charge in [-0.2, -0.15) is 0 Å². The van der Waals surface area contributed by atoms with Crippen molar-refractivity contribution in [2.45, 2.75) is 33.6 Å². The maximum atomic E-state index is 12.5. The lowest BCUT2D eigenvalue weighted by Crippen LogP contribution is -2.25. The van der Waals surface area contributed by atoms with Crippen LogP contribution in [0.15, 0.2) is 35.7 Å². The third kappa shape index (κ3) is 5.65. The number of carboxylic acids is 1. The van der Waals surface area contributed by atoms with E-state index in [9.17, 15) is 14.4 Å². The van der Waals surface area contributed by atoms with Crippen LogP contribution >= 0.6 is 11.3 Å². The molecule has 7 heteroatoms. The molecule has 0 saturated heterocycles. The normalized spacial score (nSPS) is 11.1. The third-order valence-corrected chi connectivity index (χ3v) is 4.77. The summed E-state index contributed by atoms with van der Waals surface area (Å²) in [5.74, 6) is -1.80. The van der Waals surface area contributed by atoms with Crippen LogP contribution in [0.1, 0.15) is 44.0 Å². The number of hydrogen-bond donors (Lipinski definition) is 2. The number of nitrogens with one attached hydrogen (secondary N) is 1. The molecule has 1 aromatic carbocycles. The van der Waals surface area contributed by atoms with Crippen molar-refractivity contribution in [2.75, 3.05) is 11.9 Å². The second-order valence-electron chi connectivity index (χ2n) is 6.90. The number of ether oxygens (including phenoxy) is 1. The summed E-state index contributed by atoms with van der Waals surface area (Å²) in [6.45, 7) is 5.38. The summed E-state index contributed by atoms with van der Waals surface area (Å²) in [6.07, 6.45) is -0.0923. The molecule has 0 spiro atoms. The Balaban J connectivity index is 2.29. The number of rotatable bonds is 8. The predicted molar refractivity (Wildman–Crippen MR) is 105 cm³/mol. The van der Waals surface area contributed by atoms with Gasteiger partial charge in [0.2, 0.25) is 5.91 Å². The van der Waals surface area contributed by atoms with Gasteiger partial charge >= 0.3 is 11.9 Å². The molecular formula is C20H23NO5S. The Morgan fingerprint density at radius 2 is 1.81 bits per heavy atom. The minimum absolute atomic E-state index is 0.0279. The number of esters is 1. The number of hydrogen-bond acceptors (Lipinski definition) is 5. The molecule has 27 heavy (non-hydrogen) atoms. The lowest BCUT2D eigenvalue weighted by atomic mass is 9.85. The van der Waals surface area contributed by atoms with Gasteiger partial charge in [-0.25, -0.2) is 4.79 Å². The molecular weight excluding hydrogens is 366 g/mol. The fourth-order valence-corrected chi connectivity index (χ4v) is 3.74. The van der Waals surface area contributed by atoms with E-state index >= 15 is 0 Å². The number of anilines is 1. The van der Waals surface area contributed by atoms with Crippen LogP contribution in [0.4, 0.5) is 5.00 Å². The lowest BCUT2D eigenvalue weighted by molar-refractivity contribution is -0.139. The molecule has 1 aromatic heterocycles. The van der Waals surface area contributed by atoms with E-state index in [1.165, 1.54) is 11.3 Å². The van der Waals surface area contributed by atoms with Gasteiger partial charge in [0.15, 0.2) is 0 Å². The molecule has 144 valence electrons. The van der Waals surface area contributed by atoms with Crippen molar-refractivity contribution in [3.8, 4) is 11.1 Å². The molecule has 2 aromatic rings. The van der Waals surface area contributed by atoms with Crippen molar-refractivity contribution in [3.63, 3.8) is 0 Å². The zero-order valence-electron chi connectivity index (χ0n) is 15.6. The van der Waals surface area contributed by atoms with Crippen molar-refractivity contribution in [3.05, 3.63) is 41.3 Å². The number of amides is 1. The average Bonchev–Trinajstić information content (AvgIpc) is 2.97. The number of benzene rings is 1. The Morgan fingerprint density at radius 1 is 1.15 bits per heavy atom. The highest BCUT2D eigenvalue weighted by Gasteiger charge is 2.27. The predicted octanol–water partition coefficient (Wildman–Crippen LogP) is 4.42. The smallest absolute Gasteiger partial charge is 0.341 e. The summed E-state index contributed by atoms with van der Waals surface area (Å²) >= 11 is 1.24. The second kappa shape index (κ2) is 8.81. The summed E-state index contributed by atoms with van der Waals surface area (Å²) in [5, 5.41) is 13.9. The van der Waals surface area contributed by atoms with Gasteiger partial charge in [0.1, 0.15) is 10.6 Å². The quantitative estimate of drug-likeness (QED) is 0.652. The number of carbonyl (C=O) groups excluding carboxylic acids is 2. The first kappa shape index (κ1) is 20.6. The molecule has 0 radical (unpaired) electrons. The van der Waals surface area contributed by atoms with Crippen LogP contribution in [-0.4, -0.2) is 29.6 Å². The van der Waals surface area contributed by atoms with E-state index in [1.54, 1.807) is 26.2 Å². The fraction of sp³-hybridized carbons (Fsp3) is 0.350. The number of carboxylic acid groups (broad SMARTS) is 1. The van der Waals surface area contributed by atoms with Gasteiger partial charge in [0, 0.05) is 17.4 Å². The van der Waals surface area contributed by atoms with Crippen molar-refractivity contribution >= 4 is 34.2 Å². The van der Waals surface area contributed by atoms with Crippen molar-refractivity contribution in [2.24, 2.45) is 5.41 Å². The van der Waals surface area contributed by atoms with E-state index in [0.717, 1.165) is 5.56 Å². The van der Waals surface area contributed by atoms with Crippen LogP contribution in [0, 0.1) is 5.41 Å². The summed E-state index contributed by atoms with van der Waals surface area (Å²) < 4.78 is 5.16. The zero-order valence-corrected chi connectivity index (χ0v) is 16.4. The van der Waals surface area contributed by atoms with Gasteiger partial charge in [-0.3, -0.25) is 9.59 Å². The Labute approximate surface area is 162 Å². The van der Waals surface area contributed by atoms with Crippen molar-refractivity contribution < 1.29 is 24.2 Å². The maximum absolute atomic E-state index is 12.5. The number of carbonyl (C=O) groups is 3. The zero-order chi connectivity index (χ0) is 20.0. The highest BCUT2D eigenvalue weighted by molar-refractivity contribution is 7.15. The molecule has 0 aliphatic heterocycles. The molecule has 0 aliphatic rings. The molecule has 2 rings (SSSR count). The van der Waals surface area contributed by atoms with Crippen LogP contribution in [0.3, 0.4) is 0 Å². The summed E-state index contributed by atoms with van der Waals surface area (Å²) in [5.41, 5.74) is 1.17. The first-order valence-corrected chi connectivity index (χ1v) is 9.47. The molecule has 2 N–H and O–H groups in total. The number of aliphatic carboxylic acids is 1. The Kier molecular flexibility index (Phi) is 6.74. The van der Waals surface area contributed by atoms with Crippen LogP contribution in [-0.2, 0) is 14.3 Å². The molecule has 6 nitrogen and oxygen atoms in total. The Bertz CT molecular complexity index is 826. The Hall–Kier alpha value is -2.67. The number of thiophene rings is 1. The summed E-state index contributed by atoms with van der Waals surface area (Å²) in [6, 6.07) is 9.38. The molecule has 0 aliphatic carbocycles. The topological polar surface area (TPSA) is 92.7 Å². The largest absolute Gasteiger partial charge is 0.481 e. The van der Waals surface area contributed by atoms with Gasteiger partial charge < -0.3 is 15.2 Å². The Morgan fingerprint density at radius 3 is 2.41 bits per heavy atom. The van der Waals surface area contributed by atoms with Crippen LogP contribution in [0.5, 0.6) is 0 Å². The minimum atomic E-state index is -0.956. The molecule has 0 atom stereocenters. The van der Waals surface area contributed by atoms with Crippen molar-refractivity contribution in [1.82, 2.24) is 0 Å². The van der Waals surface area contributed by atoms with Gasteiger partial charge in [-0.05, 0) is 17.9 Å². The van der Waals surface area contributed by atoms with Gasteiger partial charge in [-0.1, -0.05) is 44.2 Å². The minimum Gasteiger partial charge on any atom is -0.481 e. The third-order valence-electron chi connectivity index (χ3n) is 3.88. The van der Waals surface area contributed by atoms with Gasteiger partial charge in [0.25, 0.3) is 0 Å². The van der Waals surface area contributed by atoms with Gasteiger partial charge in [0.05, 0.1) is 13.0 Å². The van der Waals surface area contributed by atoms with E-state index in [1.807, 2.05) is 30.3 Å². The SMILES string of the molecule is CCOC(=O)c1c(-c2ccccc2)csc1NC(=O)CC(C)(C)CC(=O)O. The van der Waals surface area contributed by atoms with E-state index in [0.29, 0.717) is 16.1 Å². The molecule has 1 amide bonds. The maximum Gasteiger partial charge on any atom is 0.341 e. The molecule has 1 heterocycles. The fourth-order valence-electron chi connectivity index (χ4n) is 2.76. The van der Waals surface area contributed by atoms with Gasteiger partial charge in [-0.15, -0.1) is 11.3 Å². The molecule has 0 bridgehead atoms.